The third kappa shape index (κ3) is 8.90. The standard InChI is InChI=1S/C7H12O5/c1-6(8)12-5-4-11-3-2-7(9)10/h2-5H2,1H3,(H,9,10). The first-order valence-electron chi connectivity index (χ1n) is 3.56. The summed E-state index contributed by atoms with van der Waals surface area (Å²) in [5.74, 6) is -1.26. The molecule has 0 fully saturated rings. The minimum atomic E-state index is -0.900. The Balaban J connectivity index is 3.01. The van der Waals surface area contributed by atoms with Crippen molar-refractivity contribution in [2.45, 2.75) is 13.3 Å². The fourth-order valence-corrected chi connectivity index (χ4v) is 0.506. The van der Waals surface area contributed by atoms with E-state index in [4.69, 9.17) is 9.84 Å². The van der Waals surface area contributed by atoms with E-state index in [-0.39, 0.29) is 32.2 Å². The van der Waals surface area contributed by atoms with Gasteiger partial charge in [0.15, 0.2) is 0 Å². The van der Waals surface area contributed by atoms with Crippen LogP contribution in [0.4, 0.5) is 0 Å². The molecule has 5 heteroatoms. The van der Waals surface area contributed by atoms with Crippen LogP contribution in [0.2, 0.25) is 0 Å². The highest BCUT2D eigenvalue weighted by Gasteiger charge is 1.96. The molecular weight excluding hydrogens is 164 g/mol. The van der Waals surface area contributed by atoms with Gasteiger partial charge in [-0.15, -0.1) is 0 Å². The summed E-state index contributed by atoms with van der Waals surface area (Å²) in [7, 11) is 0. The Hall–Kier alpha value is -1.10. The predicted molar refractivity (Wildman–Crippen MR) is 39.7 cm³/mol. The average Bonchev–Trinajstić information content (AvgIpc) is 1.95. The van der Waals surface area contributed by atoms with Crippen LogP contribution in [-0.4, -0.2) is 36.9 Å². The maximum absolute atomic E-state index is 10.2. The van der Waals surface area contributed by atoms with E-state index in [1.54, 1.807) is 0 Å². The number of carboxylic acid groups (broad SMARTS) is 1. The molecule has 0 aromatic carbocycles. The third-order valence-corrected chi connectivity index (χ3v) is 0.993. The first-order valence-corrected chi connectivity index (χ1v) is 3.56. The third-order valence-electron chi connectivity index (χ3n) is 0.993. The number of rotatable bonds is 6. The second-order valence-corrected chi connectivity index (χ2v) is 2.10. The first-order chi connectivity index (χ1) is 5.63. The molecule has 0 unspecified atom stereocenters. The summed E-state index contributed by atoms with van der Waals surface area (Å²) in [5, 5.41) is 8.19. The monoisotopic (exact) mass is 176 g/mol. The Morgan fingerprint density at radius 2 is 1.92 bits per heavy atom. The fraction of sp³-hybridized carbons (Fsp3) is 0.714. The molecule has 0 aliphatic heterocycles. The van der Waals surface area contributed by atoms with Gasteiger partial charge in [0.1, 0.15) is 6.61 Å². The van der Waals surface area contributed by atoms with Crippen molar-refractivity contribution < 1.29 is 24.2 Å². The Labute approximate surface area is 70.3 Å². The Morgan fingerprint density at radius 1 is 1.25 bits per heavy atom. The van der Waals surface area contributed by atoms with E-state index in [2.05, 4.69) is 4.74 Å². The molecule has 0 radical (unpaired) electrons. The Kier molecular flexibility index (Phi) is 6.00. The van der Waals surface area contributed by atoms with Crippen molar-refractivity contribution >= 4 is 11.9 Å². The second-order valence-electron chi connectivity index (χ2n) is 2.10. The van der Waals surface area contributed by atoms with Crippen LogP contribution in [0.3, 0.4) is 0 Å². The number of ether oxygens (including phenoxy) is 2. The minimum Gasteiger partial charge on any atom is -0.481 e. The molecule has 0 saturated heterocycles. The molecular formula is C7H12O5. The van der Waals surface area contributed by atoms with E-state index in [0.717, 1.165) is 0 Å². The molecule has 0 aromatic rings. The normalized spacial score (nSPS) is 9.42. The molecule has 0 rings (SSSR count). The zero-order valence-electron chi connectivity index (χ0n) is 6.91. The second kappa shape index (κ2) is 6.60. The van der Waals surface area contributed by atoms with Crippen molar-refractivity contribution in [2.24, 2.45) is 0 Å². The largest absolute Gasteiger partial charge is 0.481 e. The Morgan fingerprint density at radius 3 is 2.42 bits per heavy atom. The molecule has 0 aliphatic rings. The molecule has 1 N–H and O–H groups in total. The smallest absolute Gasteiger partial charge is 0.305 e. The summed E-state index contributed by atoms with van der Waals surface area (Å²) >= 11 is 0. The van der Waals surface area contributed by atoms with Gasteiger partial charge in [-0.05, 0) is 0 Å². The number of carboxylic acids is 1. The maximum atomic E-state index is 10.2. The first kappa shape index (κ1) is 10.9. The highest BCUT2D eigenvalue weighted by Crippen LogP contribution is 1.83. The zero-order valence-corrected chi connectivity index (χ0v) is 6.91. The lowest BCUT2D eigenvalue weighted by atomic mass is 10.5. The minimum absolute atomic E-state index is 0.0277. The topological polar surface area (TPSA) is 72.8 Å². The summed E-state index contributed by atoms with van der Waals surface area (Å²) in [6.07, 6.45) is -0.0277. The van der Waals surface area contributed by atoms with Crippen molar-refractivity contribution in [3.63, 3.8) is 0 Å². The summed E-state index contributed by atoms with van der Waals surface area (Å²) in [6, 6.07) is 0. The van der Waals surface area contributed by atoms with Gasteiger partial charge in [0.05, 0.1) is 19.6 Å². The molecule has 0 aromatic heterocycles. The van der Waals surface area contributed by atoms with Crippen molar-refractivity contribution in [3.8, 4) is 0 Å². The van der Waals surface area contributed by atoms with Crippen molar-refractivity contribution in [1.29, 1.82) is 0 Å². The van der Waals surface area contributed by atoms with Crippen LogP contribution in [-0.2, 0) is 19.1 Å². The summed E-state index contributed by atoms with van der Waals surface area (Å²) < 4.78 is 9.37. The lowest BCUT2D eigenvalue weighted by molar-refractivity contribution is -0.144. The number of aliphatic carboxylic acids is 1. The van der Waals surface area contributed by atoms with Crippen LogP contribution >= 0.6 is 0 Å². The number of carbonyl (C=O) groups is 2. The van der Waals surface area contributed by atoms with Crippen LogP contribution in [0.15, 0.2) is 0 Å². The van der Waals surface area contributed by atoms with Crippen LogP contribution < -0.4 is 0 Å². The van der Waals surface area contributed by atoms with Gasteiger partial charge in [0.25, 0.3) is 0 Å². The summed E-state index contributed by atoms with van der Waals surface area (Å²) in [4.78, 5) is 20.2. The Bertz CT molecular complexity index is 136. The summed E-state index contributed by atoms with van der Waals surface area (Å²) in [6.45, 7) is 1.87. The van der Waals surface area contributed by atoms with Crippen LogP contribution in [0.1, 0.15) is 13.3 Å². The quantitative estimate of drug-likeness (QED) is 0.457. The van der Waals surface area contributed by atoms with Crippen LogP contribution in [0, 0.1) is 0 Å². The molecule has 0 bridgehead atoms. The SMILES string of the molecule is CC(=O)OCCOCCC(=O)O. The van der Waals surface area contributed by atoms with E-state index in [9.17, 15) is 9.59 Å². The van der Waals surface area contributed by atoms with Crippen LogP contribution in [0.5, 0.6) is 0 Å². The molecule has 5 nitrogen and oxygen atoms in total. The van der Waals surface area contributed by atoms with Gasteiger partial charge in [-0.1, -0.05) is 0 Å². The highest BCUT2D eigenvalue weighted by atomic mass is 16.6. The van der Waals surface area contributed by atoms with Crippen molar-refractivity contribution in [2.75, 3.05) is 19.8 Å². The molecule has 0 heterocycles. The van der Waals surface area contributed by atoms with Gasteiger partial charge in [-0.2, -0.15) is 0 Å². The van der Waals surface area contributed by atoms with Gasteiger partial charge in [-0.25, -0.2) is 0 Å². The van der Waals surface area contributed by atoms with Gasteiger partial charge < -0.3 is 14.6 Å². The molecule has 0 aliphatic carbocycles. The molecule has 0 spiro atoms. The number of esters is 1. The predicted octanol–water partition coefficient (Wildman–Crippen LogP) is 0.0408. The van der Waals surface area contributed by atoms with Crippen molar-refractivity contribution in [1.82, 2.24) is 0 Å². The fourth-order valence-electron chi connectivity index (χ4n) is 0.506. The van der Waals surface area contributed by atoms with E-state index >= 15 is 0 Å². The van der Waals surface area contributed by atoms with Gasteiger partial charge >= 0.3 is 11.9 Å². The van der Waals surface area contributed by atoms with E-state index < -0.39 is 5.97 Å². The summed E-state index contributed by atoms with van der Waals surface area (Å²) in [5.41, 5.74) is 0. The molecule has 12 heavy (non-hydrogen) atoms. The lowest BCUT2D eigenvalue weighted by Crippen LogP contribution is -2.10. The maximum Gasteiger partial charge on any atom is 0.305 e. The molecule has 70 valence electrons. The highest BCUT2D eigenvalue weighted by molar-refractivity contribution is 5.66. The molecule has 0 atom stereocenters. The molecule has 0 saturated carbocycles. The van der Waals surface area contributed by atoms with Gasteiger partial charge in [-0.3, -0.25) is 9.59 Å². The molecule has 0 amide bonds. The van der Waals surface area contributed by atoms with Gasteiger partial charge in [0, 0.05) is 6.92 Å². The van der Waals surface area contributed by atoms with Crippen LogP contribution in [0.25, 0.3) is 0 Å². The van der Waals surface area contributed by atoms with E-state index in [1.807, 2.05) is 0 Å². The number of carbonyl (C=O) groups excluding carboxylic acids is 1. The number of hydrogen-bond donors (Lipinski definition) is 1. The van der Waals surface area contributed by atoms with Gasteiger partial charge in [0.2, 0.25) is 0 Å². The average molecular weight is 176 g/mol. The van der Waals surface area contributed by atoms with E-state index in [1.165, 1.54) is 6.92 Å². The number of hydrogen-bond acceptors (Lipinski definition) is 4. The lowest BCUT2D eigenvalue weighted by Gasteiger charge is -2.01. The van der Waals surface area contributed by atoms with Crippen molar-refractivity contribution in [3.05, 3.63) is 0 Å². The van der Waals surface area contributed by atoms with E-state index in [0.29, 0.717) is 0 Å². The zero-order chi connectivity index (χ0) is 9.40.